The van der Waals surface area contributed by atoms with Gasteiger partial charge in [0.2, 0.25) is 5.95 Å². The fourth-order valence-corrected chi connectivity index (χ4v) is 2.15. The second-order valence-electron chi connectivity index (χ2n) is 4.39. The van der Waals surface area contributed by atoms with Crippen LogP contribution in [0.2, 0.25) is 5.02 Å². The zero-order valence-electron chi connectivity index (χ0n) is 10.4. The van der Waals surface area contributed by atoms with Crippen LogP contribution in [0.5, 0.6) is 0 Å². The summed E-state index contributed by atoms with van der Waals surface area (Å²) in [5, 5.41) is 3.55. The number of aromatic nitrogens is 2. The molecule has 1 saturated heterocycles. The van der Waals surface area contributed by atoms with Crippen LogP contribution in [0.4, 0.5) is 11.8 Å². The van der Waals surface area contributed by atoms with Crippen LogP contribution in [0.1, 0.15) is 6.92 Å². The van der Waals surface area contributed by atoms with Gasteiger partial charge < -0.3 is 15.1 Å². The van der Waals surface area contributed by atoms with Gasteiger partial charge in [-0.1, -0.05) is 11.6 Å². The maximum Gasteiger partial charge on any atom is 0.224 e. The number of anilines is 2. The zero-order valence-corrected chi connectivity index (χ0v) is 11.2. The van der Waals surface area contributed by atoms with Crippen molar-refractivity contribution in [1.29, 1.82) is 0 Å². The van der Waals surface area contributed by atoms with Gasteiger partial charge in [0.15, 0.2) is 5.82 Å². The SMILES string of the molecule is CNc1ncc(Cl)c(N2CCN(C)C(C)C2)n1. The van der Waals surface area contributed by atoms with E-state index in [-0.39, 0.29) is 0 Å². The maximum atomic E-state index is 6.16. The van der Waals surface area contributed by atoms with Crippen LogP contribution in [0.25, 0.3) is 0 Å². The van der Waals surface area contributed by atoms with Gasteiger partial charge in [0, 0.05) is 32.7 Å². The Hall–Kier alpha value is -1.07. The van der Waals surface area contributed by atoms with Crippen LogP contribution < -0.4 is 10.2 Å². The van der Waals surface area contributed by atoms with Gasteiger partial charge in [-0.3, -0.25) is 0 Å². The van der Waals surface area contributed by atoms with Crippen molar-refractivity contribution in [2.75, 3.05) is 43.9 Å². The van der Waals surface area contributed by atoms with Gasteiger partial charge >= 0.3 is 0 Å². The molecular weight excluding hydrogens is 238 g/mol. The molecule has 2 rings (SSSR count). The van der Waals surface area contributed by atoms with E-state index < -0.39 is 0 Å². The second kappa shape index (κ2) is 5.06. The number of nitrogens with zero attached hydrogens (tertiary/aromatic N) is 4. The lowest BCUT2D eigenvalue weighted by Gasteiger charge is -2.38. The Morgan fingerprint density at radius 2 is 2.24 bits per heavy atom. The second-order valence-corrected chi connectivity index (χ2v) is 4.80. The molecule has 1 unspecified atom stereocenters. The van der Waals surface area contributed by atoms with E-state index in [1.54, 1.807) is 13.2 Å². The molecule has 1 aromatic rings. The first-order valence-electron chi connectivity index (χ1n) is 5.77. The quantitative estimate of drug-likeness (QED) is 0.863. The summed E-state index contributed by atoms with van der Waals surface area (Å²) in [6.07, 6.45) is 1.65. The predicted octanol–water partition coefficient (Wildman–Crippen LogP) is 1.31. The van der Waals surface area contributed by atoms with E-state index in [9.17, 15) is 0 Å². The summed E-state index contributed by atoms with van der Waals surface area (Å²) in [6.45, 7) is 5.12. The standard InChI is InChI=1S/C11H18ClN5/c1-8-7-17(5-4-16(8)3)10-9(12)6-14-11(13-2)15-10/h6,8H,4-5,7H2,1-3H3,(H,13,14,15). The van der Waals surface area contributed by atoms with Crippen molar-refractivity contribution in [3.05, 3.63) is 11.2 Å². The molecule has 1 atom stereocenters. The highest BCUT2D eigenvalue weighted by Gasteiger charge is 2.23. The molecule has 1 aromatic heterocycles. The summed E-state index contributed by atoms with van der Waals surface area (Å²) < 4.78 is 0. The number of hydrogen-bond donors (Lipinski definition) is 1. The lowest BCUT2D eigenvalue weighted by atomic mass is 10.2. The van der Waals surface area contributed by atoms with Crippen molar-refractivity contribution < 1.29 is 0 Å². The first kappa shape index (κ1) is 12.4. The zero-order chi connectivity index (χ0) is 12.4. The van der Waals surface area contributed by atoms with Crippen molar-refractivity contribution in [1.82, 2.24) is 14.9 Å². The molecule has 1 N–H and O–H groups in total. The minimum absolute atomic E-state index is 0.507. The maximum absolute atomic E-state index is 6.16. The van der Waals surface area contributed by atoms with E-state index in [1.165, 1.54) is 0 Å². The Morgan fingerprint density at radius 1 is 1.47 bits per heavy atom. The average molecular weight is 256 g/mol. The number of nitrogens with one attached hydrogen (secondary N) is 1. The van der Waals surface area contributed by atoms with E-state index in [0.717, 1.165) is 25.5 Å². The highest BCUT2D eigenvalue weighted by Crippen LogP contribution is 2.25. The Morgan fingerprint density at radius 3 is 2.88 bits per heavy atom. The van der Waals surface area contributed by atoms with Crippen molar-refractivity contribution in [3.63, 3.8) is 0 Å². The summed E-state index contributed by atoms with van der Waals surface area (Å²) >= 11 is 6.16. The van der Waals surface area contributed by atoms with Crippen LogP contribution in [-0.2, 0) is 0 Å². The van der Waals surface area contributed by atoms with Crippen molar-refractivity contribution in [2.24, 2.45) is 0 Å². The highest BCUT2D eigenvalue weighted by atomic mass is 35.5. The number of rotatable bonds is 2. The Kier molecular flexibility index (Phi) is 3.69. The number of halogens is 1. The molecule has 1 fully saturated rings. The fraction of sp³-hybridized carbons (Fsp3) is 0.636. The molecular formula is C11H18ClN5. The molecule has 0 bridgehead atoms. The monoisotopic (exact) mass is 255 g/mol. The Balaban J connectivity index is 2.21. The van der Waals surface area contributed by atoms with Crippen LogP contribution >= 0.6 is 11.6 Å². The summed E-state index contributed by atoms with van der Waals surface area (Å²) in [5.41, 5.74) is 0. The molecule has 17 heavy (non-hydrogen) atoms. The predicted molar refractivity (Wildman–Crippen MR) is 70.9 cm³/mol. The molecule has 0 amide bonds. The van der Waals surface area contributed by atoms with Crippen molar-refractivity contribution in [2.45, 2.75) is 13.0 Å². The Labute approximate surface area is 107 Å². The third kappa shape index (κ3) is 2.61. The van der Waals surface area contributed by atoms with Gasteiger partial charge in [-0.2, -0.15) is 4.98 Å². The molecule has 1 aliphatic heterocycles. The summed E-state index contributed by atoms with van der Waals surface area (Å²) in [7, 11) is 3.95. The molecule has 0 saturated carbocycles. The molecule has 6 heteroatoms. The minimum atomic E-state index is 0.507. The largest absolute Gasteiger partial charge is 0.357 e. The van der Waals surface area contributed by atoms with E-state index in [1.807, 2.05) is 0 Å². The summed E-state index contributed by atoms with van der Waals surface area (Å²) in [5.74, 6) is 1.43. The topological polar surface area (TPSA) is 44.3 Å². The first-order chi connectivity index (χ1) is 8.11. The van der Waals surface area contributed by atoms with E-state index in [0.29, 0.717) is 17.0 Å². The van der Waals surface area contributed by atoms with E-state index in [2.05, 4.69) is 39.1 Å². The fourth-order valence-electron chi connectivity index (χ4n) is 1.94. The molecule has 0 aliphatic carbocycles. The lowest BCUT2D eigenvalue weighted by Crippen LogP contribution is -2.50. The van der Waals surface area contributed by atoms with Crippen LogP contribution in [0.3, 0.4) is 0 Å². The molecule has 2 heterocycles. The van der Waals surface area contributed by atoms with Gasteiger partial charge in [-0.25, -0.2) is 4.98 Å². The third-order valence-corrected chi connectivity index (χ3v) is 3.48. The number of likely N-dealkylation sites (N-methyl/N-ethyl adjacent to an activating group) is 1. The summed E-state index contributed by atoms with van der Waals surface area (Å²) in [6, 6.07) is 0.507. The lowest BCUT2D eigenvalue weighted by molar-refractivity contribution is 0.233. The Bertz CT molecular complexity index is 397. The molecule has 0 spiro atoms. The number of hydrogen-bond acceptors (Lipinski definition) is 5. The van der Waals surface area contributed by atoms with E-state index in [4.69, 9.17) is 11.6 Å². The van der Waals surface area contributed by atoms with Crippen LogP contribution in [0.15, 0.2) is 6.20 Å². The van der Waals surface area contributed by atoms with Crippen molar-refractivity contribution in [3.8, 4) is 0 Å². The highest BCUT2D eigenvalue weighted by molar-refractivity contribution is 6.32. The first-order valence-corrected chi connectivity index (χ1v) is 6.15. The molecule has 5 nitrogen and oxygen atoms in total. The summed E-state index contributed by atoms with van der Waals surface area (Å²) in [4.78, 5) is 13.1. The van der Waals surface area contributed by atoms with Gasteiger partial charge in [0.05, 0.1) is 6.20 Å². The van der Waals surface area contributed by atoms with Crippen LogP contribution in [-0.4, -0.2) is 54.6 Å². The molecule has 94 valence electrons. The van der Waals surface area contributed by atoms with Gasteiger partial charge in [-0.05, 0) is 14.0 Å². The molecule has 0 aromatic carbocycles. The van der Waals surface area contributed by atoms with Gasteiger partial charge in [0.25, 0.3) is 0 Å². The van der Waals surface area contributed by atoms with Crippen LogP contribution in [0, 0.1) is 0 Å². The van der Waals surface area contributed by atoms with E-state index >= 15 is 0 Å². The molecule has 0 radical (unpaired) electrons. The van der Waals surface area contributed by atoms with Crippen molar-refractivity contribution >= 4 is 23.4 Å². The minimum Gasteiger partial charge on any atom is -0.357 e. The number of piperazine rings is 1. The smallest absolute Gasteiger partial charge is 0.224 e. The van der Waals surface area contributed by atoms with Gasteiger partial charge in [0.1, 0.15) is 5.02 Å². The third-order valence-electron chi connectivity index (χ3n) is 3.21. The van der Waals surface area contributed by atoms with Gasteiger partial charge in [-0.15, -0.1) is 0 Å². The normalized spacial score (nSPS) is 21.6. The average Bonchev–Trinajstić information content (AvgIpc) is 2.33. The molecule has 1 aliphatic rings.